The zero-order valence-electron chi connectivity index (χ0n) is 25.5. The zero-order valence-corrected chi connectivity index (χ0v) is 25.5. The quantitative estimate of drug-likeness (QED) is 0.173. The second-order valence-corrected chi connectivity index (χ2v) is 11.0. The van der Waals surface area contributed by atoms with Gasteiger partial charge in [0, 0.05) is 68.2 Å². The van der Waals surface area contributed by atoms with Crippen LogP contribution in [0.5, 0.6) is 5.75 Å². The van der Waals surface area contributed by atoms with Gasteiger partial charge in [0.2, 0.25) is 5.95 Å². The van der Waals surface area contributed by atoms with Crippen LogP contribution in [0.3, 0.4) is 0 Å². The molecule has 1 amide bonds. The minimum Gasteiger partial charge on any atom is -0.494 e. The second-order valence-electron chi connectivity index (χ2n) is 11.0. The van der Waals surface area contributed by atoms with Crippen molar-refractivity contribution in [1.82, 2.24) is 19.4 Å². The number of piperazine rings is 1. The molecule has 1 aliphatic heterocycles. The van der Waals surface area contributed by atoms with Crippen molar-refractivity contribution in [3.05, 3.63) is 96.3 Å². The number of aromatic nitrogens is 3. The van der Waals surface area contributed by atoms with Gasteiger partial charge in [0.05, 0.1) is 29.9 Å². The van der Waals surface area contributed by atoms with E-state index in [1.807, 2.05) is 67.7 Å². The van der Waals surface area contributed by atoms with E-state index >= 15 is 0 Å². The summed E-state index contributed by atoms with van der Waals surface area (Å²) in [6.07, 6.45) is 5.36. The van der Waals surface area contributed by atoms with Gasteiger partial charge in [0.15, 0.2) is 0 Å². The number of fused-ring (bicyclic) bond motifs is 1. The molecule has 0 bridgehead atoms. The number of carbonyl (C=O) groups excluding carboxylic acids is 1. The molecule has 0 unspecified atom stereocenters. The summed E-state index contributed by atoms with van der Waals surface area (Å²) < 4.78 is 7.90. The number of rotatable bonds is 8. The van der Waals surface area contributed by atoms with E-state index in [1.54, 1.807) is 19.4 Å². The van der Waals surface area contributed by atoms with Crippen LogP contribution < -0.4 is 20.3 Å². The normalized spacial score (nSPS) is 13.8. The first-order valence-corrected chi connectivity index (χ1v) is 14.7. The molecule has 10 heteroatoms. The molecule has 10 nitrogen and oxygen atoms in total. The summed E-state index contributed by atoms with van der Waals surface area (Å²) in [6, 6.07) is 25.2. The minimum absolute atomic E-state index is 0.00183. The van der Waals surface area contributed by atoms with Crippen LogP contribution in [0.1, 0.15) is 5.56 Å². The lowest BCUT2D eigenvalue weighted by Gasteiger charge is -2.35. The summed E-state index contributed by atoms with van der Waals surface area (Å²) >= 11 is 0. The number of para-hydroxylation sites is 1. The van der Waals surface area contributed by atoms with Gasteiger partial charge in [0.25, 0.3) is 5.91 Å². The molecule has 2 N–H and O–H groups in total. The Kier molecular flexibility index (Phi) is 8.44. The molecule has 1 saturated heterocycles. The number of ether oxygens (including phenoxy) is 1. The van der Waals surface area contributed by atoms with E-state index in [1.165, 1.54) is 0 Å². The van der Waals surface area contributed by atoms with Gasteiger partial charge in [0.1, 0.15) is 17.4 Å². The molecule has 0 saturated carbocycles. The predicted molar refractivity (Wildman–Crippen MR) is 179 cm³/mol. The summed E-state index contributed by atoms with van der Waals surface area (Å²) in [5.41, 5.74) is 5.58. The van der Waals surface area contributed by atoms with Crippen molar-refractivity contribution in [2.24, 2.45) is 7.05 Å². The number of hydrogen-bond donors (Lipinski definition) is 2. The molecular weight excluding hydrogens is 564 g/mol. The standard InChI is InChI=1S/C35H34N8O2/c1-41-15-17-43(18-16-41)32-21-33(45-3)30(20-29(32)38-34(44)25(22-36)19-24-9-5-4-6-10-24)40-35-37-14-13-28(39-35)27-23-42(2)31-12-8-7-11-26(27)31/h4-14,19-21,23H,15-18H2,1-3H3,(H,38,44)(H,37,39,40). The zero-order chi connectivity index (χ0) is 31.3. The largest absolute Gasteiger partial charge is 0.494 e. The van der Waals surface area contributed by atoms with Crippen molar-refractivity contribution < 1.29 is 9.53 Å². The Labute approximate surface area is 262 Å². The van der Waals surface area contributed by atoms with Crippen LogP contribution in [0.2, 0.25) is 0 Å². The van der Waals surface area contributed by atoms with Gasteiger partial charge in [-0.25, -0.2) is 9.97 Å². The summed E-state index contributed by atoms with van der Waals surface area (Å²) in [6.45, 7) is 3.30. The van der Waals surface area contributed by atoms with Gasteiger partial charge in [-0.05, 0) is 36.9 Å². The Morgan fingerprint density at radius 3 is 2.49 bits per heavy atom. The molecule has 0 spiro atoms. The van der Waals surface area contributed by atoms with Gasteiger partial charge in [-0.2, -0.15) is 5.26 Å². The maximum absolute atomic E-state index is 13.5. The fourth-order valence-corrected chi connectivity index (χ4v) is 5.53. The average Bonchev–Trinajstić information content (AvgIpc) is 3.41. The molecule has 3 aromatic carbocycles. The second kappa shape index (κ2) is 12.9. The first kappa shape index (κ1) is 29.4. The number of methoxy groups -OCH3 is 1. The fraction of sp³-hybridized carbons (Fsp3) is 0.200. The topological polar surface area (TPSA) is 111 Å². The van der Waals surface area contributed by atoms with E-state index < -0.39 is 5.91 Å². The molecule has 0 aliphatic carbocycles. The number of amides is 1. The van der Waals surface area contributed by atoms with Crippen molar-refractivity contribution >= 4 is 45.9 Å². The number of likely N-dealkylation sites (N-methyl/N-ethyl adjacent to an activating group) is 1. The number of carbonyl (C=O) groups is 1. The highest BCUT2D eigenvalue weighted by atomic mass is 16.5. The summed E-state index contributed by atoms with van der Waals surface area (Å²) in [4.78, 5) is 27.3. The van der Waals surface area contributed by atoms with E-state index in [4.69, 9.17) is 9.72 Å². The lowest BCUT2D eigenvalue weighted by Crippen LogP contribution is -2.44. The highest BCUT2D eigenvalue weighted by Gasteiger charge is 2.22. The van der Waals surface area contributed by atoms with Gasteiger partial charge >= 0.3 is 0 Å². The first-order valence-electron chi connectivity index (χ1n) is 14.7. The van der Waals surface area contributed by atoms with Gasteiger partial charge < -0.3 is 29.7 Å². The highest BCUT2D eigenvalue weighted by Crippen LogP contribution is 2.39. The van der Waals surface area contributed by atoms with Crippen LogP contribution >= 0.6 is 0 Å². The highest BCUT2D eigenvalue weighted by molar-refractivity contribution is 6.11. The summed E-state index contributed by atoms with van der Waals surface area (Å²) in [5.74, 6) is 0.452. The Morgan fingerprint density at radius 2 is 1.73 bits per heavy atom. The molecule has 1 aliphatic rings. The summed E-state index contributed by atoms with van der Waals surface area (Å²) in [5, 5.41) is 17.3. The van der Waals surface area contributed by atoms with Crippen LogP contribution in [0.15, 0.2) is 90.8 Å². The Balaban J connectivity index is 1.36. The third-order valence-electron chi connectivity index (χ3n) is 7.96. The molecule has 5 aromatic rings. The number of nitrogens with one attached hydrogen (secondary N) is 2. The molecule has 226 valence electrons. The molecule has 1 fully saturated rings. The first-order chi connectivity index (χ1) is 21.9. The molecule has 3 heterocycles. The smallest absolute Gasteiger partial charge is 0.266 e. The summed E-state index contributed by atoms with van der Waals surface area (Å²) in [7, 11) is 5.71. The monoisotopic (exact) mass is 598 g/mol. The van der Waals surface area contributed by atoms with Gasteiger partial charge in [-0.1, -0.05) is 48.5 Å². The SMILES string of the molecule is COc1cc(N2CCN(C)CC2)c(NC(=O)C(C#N)=Cc2ccccc2)cc1Nc1nccc(-c2cn(C)c3ccccc23)n1. The van der Waals surface area contributed by atoms with Gasteiger partial charge in [-0.15, -0.1) is 0 Å². The Bertz CT molecular complexity index is 1920. The molecular formula is C35H34N8O2. The van der Waals surface area contributed by atoms with Crippen LogP contribution in [0.25, 0.3) is 28.2 Å². The van der Waals surface area contributed by atoms with Crippen molar-refractivity contribution in [3.63, 3.8) is 0 Å². The number of nitriles is 1. The lowest BCUT2D eigenvalue weighted by molar-refractivity contribution is -0.112. The maximum atomic E-state index is 13.5. The minimum atomic E-state index is -0.498. The molecule has 0 radical (unpaired) electrons. The average molecular weight is 599 g/mol. The Hall–Kier alpha value is -5.66. The van der Waals surface area contributed by atoms with Crippen molar-refractivity contribution in [2.45, 2.75) is 0 Å². The number of aryl methyl sites for hydroxylation is 1. The maximum Gasteiger partial charge on any atom is 0.266 e. The number of nitrogens with zero attached hydrogens (tertiary/aromatic N) is 6. The predicted octanol–water partition coefficient (Wildman–Crippen LogP) is 5.68. The van der Waals surface area contributed by atoms with Crippen molar-refractivity contribution in [2.75, 3.05) is 55.9 Å². The lowest BCUT2D eigenvalue weighted by atomic mass is 10.1. The van der Waals surface area contributed by atoms with Crippen molar-refractivity contribution in [1.29, 1.82) is 5.26 Å². The Morgan fingerprint density at radius 1 is 0.978 bits per heavy atom. The van der Waals surface area contributed by atoms with Crippen LogP contribution in [0, 0.1) is 11.3 Å². The number of anilines is 4. The third kappa shape index (κ3) is 6.34. The van der Waals surface area contributed by atoms with Crippen LogP contribution in [-0.2, 0) is 11.8 Å². The third-order valence-corrected chi connectivity index (χ3v) is 7.96. The van der Waals surface area contributed by atoms with E-state index in [-0.39, 0.29) is 5.57 Å². The number of hydrogen-bond acceptors (Lipinski definition) is 8. The van der Waals surface area contributed by atoms with Crippen molar-refractivity contribution in [3.8, 4) is 23.1 Å². The van der Waals surface area contributed by atoms with E-state index in [0.29, 0.717) is 23.1 Å². The van der Waals surface area contributed by atoms with E-state index in [9.17, 15) is 10.1 Å². The molecule has 45 heavy (non-hydrogen) atoms. The van der Waals surface area contributed by atoms with E-state index in [2.05, 4.69) is 61.4 Å². The fourth-order valence-electron chi connectivity index (χ4n) is 5.53. The molecule has 0 atom stereocenters. The molecule has 6 rings (SSSR count). The molecule has 2 aromatic heterocycles. The van der Waals surface area contributed by atoms with E-state index in [0.717, 1.165) is 59.6 Å². The van der Waals surface area contributed by atoms with Crippen LogP contribution in [-0.4, -0.2) is 65.7 Å². The number of benzene rings is 3. The van der Waals surface area contributed by atoms with Crippen LogP contribution in [0.4, 0.5) is 23.0 Å². The van der Waals surface area contributed by atoms with Gasteiger partial charge in [-0.3, -0.25) is 4.79 Å².